The minimum atomic E-state index is -0.804. The average molecular weight is 671 g/mol. The summed E-state index contributed by atoms with van der Waals surface area (Å²) in [5.41, 5.74) is 4.79. The molecule has 3 heterocycles. The van der Waals surface area contributed by atoms with Gasteiger partial charge in [-0.3, -0.25) is 9.89 Å². The summed E-state index contributed by atoms with van der Waals surface area (Å²) in [5.74, 6) is -2.81. The van der Waals surface area contributed by atoms with Gasteiger partial charge < -0.3 is 30.3 Å². The molecule has 254 valence electrons. The highest BCUT2D eigenvalue weighted by Gasteiger charge is 2.23. The molecule has 0 spiro atoms. The van der Waals surface area contributed by atoms with Crippen LogP contribution in [0.5, 0.6) is 5.75 Å². The molecule has 4 N–H and O–H groups in total. The molecule has 2 aliphatic rings. The first-order valence-electron chi connectivity index (χ1n) is 16.4. The Bertz CT molecular complexity index is 1980. The van der Waals surface area contributed by atoms with Crippen LogP contribution in [0.1, 0.15) is 34.3 Å². The topological polar surface area (TPSA) is 106 Å². The number of amides is 1. The van der Waals surface area contributed by atoms with Crippen LogP contribution in [-0.2, 0) is 11.2 Å². The zero-order valence-corrected chi connectivity index (χ0v) is 27.0. The van der Waals surface area contributed by atoms with Crippen molar-refractivity contribution in [1.82, 2.24) is 15.1 Å². The van der Waals surface area contributed by atoms with Crippen molar-refractivity contribution in [3.8, 4) is 16.9 Å². The summed E-state index contributed by atoms with van der Waals surface area (Å²) in [6.07, 6.45) is 1.76. The number of nitrogens with zero attached hydrogens (tertiary/aromatic N) is 3. The van der Waals surface area contributed by atoms with Crippen LogP contribution in [-0.4, -0.2) is 78.6 Å². The maximum Gasteiger partial charge on any atom is 0.258 e. The lowest BCUT2D eigenvalue weighted by Crippen LogP contribution is -2.44. The van der Waals surface area contributed by atoms with Gasteiger partial charge in [0, 0.05) is 68.3 Å². The highest BCUT2D eigenvalue weighted by molar-refractivity contribution is 6.11. The fourth-order valence-corrected chi connectivity index (χ4v) is 6.57. The summed E-state index contributed by atoms with van der Waals surface area (Å²) in [6.45, 7) is 5.00. The van der Waals surface area contributed by atoms with Crippen molar-refractivity contribution in [3.63, 3.8) is 0 Å². The number of aromatic nitrogens is 2. The number of rotatable bonds is 8. The number of ether oxygens (including phenoxy) is 1. The molecule has 4 aromatic carbocycles. The van der Waals surface area contributed by atoms with E-state index in [2.05, 4.69) is 37.7 Å². The van der Waals surface area contributed by atoms with Crippen molar-refractivity contribution in [3.05, 3.63) is 101 Å². The molecule has 0 saturated carbocycles. The third-order valence-electron chi connectivity index (χ3n) is 9.29. The minimum Gasteiger partial charge on any atom is -0.505 e. The molecular weight excluding hydrogens is 633 g/mol. The van der Waals surface area contributed by atoms with Crippen molar-refractivity contribution in [2.75, 3.05) is 62.0 Å². The van der Waals surface area contributed by atoms with E-state index < -0.39 is 23.2 Å². The fraction of sp³-hybridized carbons (Fsp3) is 0.297. The SMILES string of the molecule is CN1CCN(c2ccc(C(=O)Nc3n[nH]c4cc(-c5ccc(O)c(F)c5)c(Cc5cc(F)cc(F)c5)cc34)c(NC3CCOCC3)c2)CC1. The number of carbonyl (C=O) groups is 1. The average Bonchev–Trinajstić information content (AvgIpc) is 3.47. The van der Waals surface area contributed by atoms with Gasteiger partial charge >= 0.3 is 0 Å². The van der Waals surface area contributed by atoms with E-state index >= 15 is 0 Å². The Labute approximate surface area is 281 Å². The number of piperazine rings is 1. The predicted octanol–water partition coefficient (Wildman–Crippen LogP) is 6.54. The second-order valence-electron chi connectivity index (χ2n) is 12.8. The first-order valence-corrected chi connectivity index (χ1v) is 16.4. The van der Waals surface area contributed by atoms with Crippen LogP contribution in [0.15, 0.2) is 66.7 Å². The van der Waals surface area contributed by atoms with Gasteiger partial charge in [0.25, 0.3) is 5.91 Å². The lowest BCUT2D eigenvalue weighted by molar-refractivity contribution is 0.0904. The summed E-state index contributed by atoms with van der Waals surface area (Å²) in [6, 6.07) is 16.8. The number of phenols is 1. The van der Waals surface area contributed by atoms with Crippen molar-refractivity contribution in [2.24, 2.45) is 0 Å². The van der Waals surface area contributed by atoms with Crippen molar-refractivity contribution >= 4 is 34.0 Å². The molecule has 7 rings (SSSR count). The number of H-pyrrole nitrogens is 1. The molecule has 0 radical (unpaired) electrons. The number of phenolic OH excluding ortho intramolecular Hbond substituents is 1. The van der Waals surface area contributed by atoms with Gasteiger partial charge in [0.1, 0.15) is 11.6 Å². The van der Waals surface area contributed by atoms with E-state index in [-0.39, 0.29) is 24.2 Å². The number of anilines is 3. The smallest absolute Gasteiger partial charge is 0.258 e. The van der Waals surface area contributed by atoms with E-state index in [1.165, 1.54) is 24.3 Å². The molecule has 2 saturated heterocycles. The lowest BCUT2D eigenvalue weighted by Gasteiger charge is -2.34. The largest absolute Gasteiger partial charge is 0.505 e. The van der Waals surface area contributed by atoms with Crippen LogP contribution in [0.2, 0.25) is 0 Å². The molecule has 1 aromatic heterocycles. The maximum atomic E-state index is 14.4. The van der Waals surface area contributed by atoms with Gasteiger partial charge in [-0.2, -0.15) is 5.10 Å². The summed E-state index contributed by atoms with van der Waals surface area (Å²) in [5, 5.41) is 24.3. The first kappa shape index (κ1) is 32.5. The van der Waals surface area contributed by atoms with Crippen LogP contribution in [0.4, 0.5) is 30.4 Å². The quantitative estimate of drug-likeness (QED) is 0.149. The number of benzene rings is 4. The van der Waals surface area contributed by atoms with Crippen LogP contribution in [0.25, 0.3) is 22.0 Å². The highest BCUT2D eigenvalue weighted by atomic mass is 19.1. The minimum absolute atomic E-state index is 0.105. The molecule has 2 aliphatic heterocycles. The Morgan fingerprint density at radius 1 is 0.959 bits per heavy atom. The number of carbonyl (C=O) groups excluding carboxylic acids is 1. The van der Waals surface area contributed by atoms with Gasteiger partial charge in [0.05, 0.1) is 11.1 Å². The van der Waals surface area contributed by atoms with Gasteiger partial charge in [0.2, 0.25) is 0 Å². The Morgan fingerprint density at radius 3 is 2.45 bits per heavy atom. The molecule has 0 aliphatic carbocycles. The zero-order chi connectivity index (χ0) is 34.1. The number of likely N-dealkylation sites (N-methyl/N-ethyl adjacent to an activating group) is 1. The van der Waals surface area contributed by atoms with E-state index in [1.807, 2.05) is 18.2 Å². The van der Waals surface area contributed by atoms with Crippen LogP contribution >= 0.6 is 0 Å². The molecule has 0 unspecified atom stereocenters. The molecule has 9 nitrogen and oxygen atoms in total. The fourth-order valence-electron chi connectivity index (χ4n) is 6.57. The van der Waals surface area contributed by atoms with Gasteiger partial charge in [-0.15, -0.1) is 0 Å². The summed E-state index contributed by atoms with van der Waals surface area (Å²) in [4.78, 5) is 18.6. The number of nitrogens with one attached hydrogen (secondary N) is 3. The standard InChI is InChI=1S/C37H37F3N6O3/c1-45-8-10-46(11-9-45)28-3-4-29(33(20-28)41-27-6-12-49-13-7-27)37(48)42-36-31-17-24(14-22-15-25(38)19-26(39)16-22)30(21-34(31)43-44-36)23-2-5-35(47)32(40)18-23/h2-5,15-21,27,41,47H,6-14H2,1H3,(H2,42,43,44,48). The summed E-state index contributed by atoms with van der Waals surface area (Å²) < 4.78 is 48.3. The van der Waals surface area contributed by atoms with Gasteiger partial charge in [-0.05, 0) is 103 Å². The number of aromatic hydroxyl groups is 1. The third kappa shape index (κ3) is 7.20. The van der Waals surface area contributed by atoms with Crippen molar-refractivity contribution < 1.29 is 27.8 Å². The number of aromatic amines is 1. The molecule has 0 atom stereocenters. The zero-order valence-electron chi connectivity index (χ0n) is 27.0. The number of hydrogen-bond acceptors (Lipinski definition) is 7. The van der Waals surface area contributed by atoms with E-state index in [0.29, 0.717) is 51.9 Å². The monoisotopic (exact) mass is 670 g/mol. The van der Waals surface area contributed by atoms with Crippen molar-refractivity contribution in [2.45, 2.75) is 25.3 Å². The van der Waals surface area contributed by atoms with E-state index in [4.69, 9.17) is 4.74 Å². The van der Waals surface area contributed by atoms with Crippen LogP contribution < -0.4 is 15.5 Å². The third-order valence-corrected chi connectivity index (χ3v) is 9.29. The molecular formula is C37H37F3N6O3. The van der Waals surface area contributed by atoms with Crippen molar-refractivity contribution in [1.29, 1.82) is 0 Å². The van der Waals surface area contributed by atoms with Crippen LogP contribution in [0.3, 0.4) is 0 Å². The van der Waals surface area contributed by atoms with Crippen LogP contribution in [0, 0.1) is 17.5 Å². The summed E-state index contributed by atoms with van der Waals surface area (Å²) >= 11 is 0. The number of halogens is 3. The second kappa shape index (κ2) is 13.8. The molecule has 2 fully saturated rings. The maximum absolute atomic E-state index is 14.4. The highest BCUT2D eigenvalue weighted by Crippen LogP contribution is 2.35. The van der Waals surface area contributed by atoms with Gasteiger partial charge in [-0.1, -0.05) is 6.07 Å². The Morgan fingerprint density at radius 2 is 1.71 bits per heavy atom. The summed E-state index contributed by atoms with van der Waals surface area (Å²) in [7, 11) is 2.11. The Kier molecular flexibility index (Phi) is 9.15. The molecule has 0 bridgehead atoms. The Hall–Kier alpha value is -5.07. The van der Waals surface area contributed by atoms with Gasteiger partial charge in [0.15, 0.2) is 17.4 Å². The van der Waals surface area contributed by atoms with Gasteiger partial charge in [-0.25, -0.2) is 13.2 Å². The van der Waals surface area contributed by atoms with E-state index in [0.717, 1.165) is 56.5 Å². The normalized spacial score (nSPS) is 15.9. The van der Waals surface area contributed by atoms with E-state index in [9.17, 15) is 23.1 Å². The predicted molar refractivity (Wildman–Crippen MR) is 184 cm³/mol. The first-order chi connectivity index (χ1) is 23.7. The lowest BCUT2D eigenvalue weighted by atomic mass is 9.93. The molecule has 49 heavy (non-hydrogen) atoms. The number of fused-ring (bicyclic) bond motifs is 1. The second-order valence-corrected chi connectivity index (χ2v) is 12.8. The molecule has 12 heteroatoms. The molecule has 1 amide bonds. The van der Waals surface area contributed by atoms with E-state index in [1.54, 1.807) is 18.2 Å². The molecule has 5 aromatic rings. The Balaban J connectivity index is 1.23. The number of hydrogen-bond donors (Lipinski definition) is 4.